The molecule has 0 N–H and O–H groups in total. The molecule has 2 aromatic carbocycles. The Morgan fingerprint density at radius 3 is 2.00 bits per heavy atom. The van der Waals surface area contributed by atoms with E-state index in [1.165, 1.54) is 24.5 Å². The number of carbonyl (C=O) groups is 1. The van der Waals surface area contributed by atoms with Gasteiger partial charge in [0, 0.05) is 32.5 Å². The molecular weight excluding hydrogens is 322 g/mol. The Labute approximate surface area is 157 Å². The summed E-state index contributed by atoms with van der Waals surface area (Å²) in [6, 6.07) is 21.2. The number of carbonyl (C=O) groups excluding carboxylic acids is 1. The smallest absolute Gasteiger partial charge is 0.302 e. The van der Waals surface area contributed by atoms with Crippen molar-refractivity contribution >= 4 is 5.97 Å². The lowest BCUT2D eigenvalue weighted by molar-refractivity contribution is -0.151. The van der Waals surface area contributed by atoms with Crippen LogP contribution in [0.2, 0.25) is 0 Å². The summed E-state index contributed by atoms with van der Waals surface area (Å²) >= 11 is 0. The third-order valence-corrected chi connectivity index (χ3v) is 5.15. The van der Waals surface area contributed by atoms with Crippen LogP contribution in [0.5, 0.6) is 0 Å². The fourth-order valence-corrected chi connectivity index (χ4v) is 3.95. The van der Waals surface area contributed by atoms with Gasteiger partial charge in [-0.2, -0.15) is 0 Å². The van der Waals surface area contributed by atoms with E-state index in [2.05, 4.69) is 65.6 Å². The van der Waals surface area contributed by atoms with E-state index in [0.29, 0.717) is 5.92 Å². The maximum absolute atomic E-state index is 11.5. The molecule has 0 saturated heterocycles. The summed E-state index contributed by atoms with van der Waals surface area (Å²) in [6.45, 7) is 4.32. The molecular formula is C23H29NO2. The first-order valence-corrected chi connectivity index (χ1v) is 9.68. The zero-order valence-corrected chi connectivity index (χ0v) is 15.6. The van der Waals surface area contributed by atoms with Gasteiger partial charge >= 0.3 is 5.97 Å². The molecule has 0 spiro atoms. The van der Waals surface area contributed by atoms with E-state index in [4.69, 9.17) is 4.74 Å². The highest BCUT2D eigenvalue weighted by Gasteiger charge is 2.29. The standard InChI is InChI=1S/C23H29NO2/c1-19(25)26-23-15-9-8-14-22(23)18-24(16-20-10-4-2-5-11-20)17-21-12-6-3-7-13-21/h2-7,10-13,22-23H,8-9,14-18H2,1H3/t22-,23+/m0/s1. The molecule has 3 heteroatoms. The molecule has 1 saturated carbocycles. The second-order valence-electron chi connectivity index (χ2n) is 7.33. The van der Waals surface area contributed by atoms with Crippen LogP contribution in [0.1, 0.15) is 43.7 Å². The van der Waals surface area contributed by atoms with E-state index in [9.17, 15) is 4.79 Å². The highest BCUT2D eigenvalue weighted by Crippen LogP contribution is 2.29. The maximum Gasteiger partial charge on any atom is 0.302 e. The Morgan fingerprint density at radius 1 is 0.923 bits per heavy atom. The van der Waals surface area contributed by atoms with Crippen molar-refractivity contribution in [1.29, 1.82) is 0 Å². The molecule has 26 heavy (non-hydrogen) atoms. The third-order valence-electron chi connectivity index (χ3n) is 5.15. The second-order valence-corrected chi connectivity index (χ2v) is 7.33. The van der Waals surface area contributed by atoms with Gasteiger partial charge in [-0.25, -0.2) is 0 Å². The lowest BCUT2D eigenvalue weighted by atomic mass is 9.85. The molecule has 0 amide bonds. The highest BCUT2D eigenvalue weighted by molar-refractivity contribution is 5.66. The van der Waals surface area contributed by atoms with Crippen molar-refractivity contribution < 1.29 is 9.53 Å². The number of benzene rings is 2. The topological polar surface area (TPSA) is 29.5 Å². The monoisotopic (exact) mass is 351 g/mol. The molecule has 3 nitrogen and oxygen atoms in total. The van der Waals surface area contributed by atoms with Crippen LogP contribution in [0.15, 0.2) is 60.7 Å². The van der Waals surface area contributed by atoms with Gasteiger partial charge in [0.15, 0.2) is 0 Å². The average Bonchev–Trinajstić information content (AvgIpc) is 2.64. The summed E-state index contributed by atoms with van der Waals surface area (Å²) in [5, 5.41) is 0. The third kappa shape index (κ3) is 5.70. The predicted octanol–water partition coefficient (Wildman–Crippen LogP) is 4.81. The van der Waals surface area contributed by atoms with Crippen molar-refractivity contribution in [2.75, 3.05) is 6.54 Å². The molecule has 0 unspecified atom stereocenters. The minimum absolute atomic E-state index is 0.0651. The molecule has 1 fully saturated rings. The Balaban J connectivity index is 1.72. The van der Waals surface area contributed by atoms with Crippen molar-refractivity contribution in [2.45, 2.75) is 51.8 Å². The molecule has 0 radical (unpaired) electrons. The molecule has 1 aliphatic rings. The van der Waals surface area contributed by atoms with Crippen LogP contribution in [-0.4, -0.2) is 23.5 Å². The first kappa shape index (κ1) is 18.7. The minimum Gasteiger partial charge on any atom is -0.462 e. The number of hydrogen-bond donors (Lipinski definition) is 0. The van der Waals surface area contributed by atoms with E-state index < -0.39 is 0 Å². The number of hydrogen-bond acceptors (Lipinski definition) is 3. The highest BCUT2D eigenvalue weighted by atomic mass is 16.5. The molecule has 3 rings (SSSR count). The van der Waals surface area contributed by atoms with Gasteiger partial charge in [-0.05, 0) is 30.4 Å². The van der Waals surface area contributed by atoms with E-state index in [1.807, 2.05) is 0 Å². The maximum atomic E-state index is 11.5. The van der Waals surface area contributed by atoms with Crippen molar-refractivity contribution in [3.8, 4) is 0 Å². The van der Waals surface area contributed by atoms with Gasteiger partial charge in [0.2, 0.25) is 0 Å². The van der Waals surface area contributed by atoms with Gasteiger partial charge in [0.05, 0.1) is 0 Å². The zero-order chi connectivity index (χ0) is 18.2. The number of ether oxygens (including phenoxy) is 1. The van der Waals surface area contributed by atoms with Crippen LogP contribution in [0.3, 0.4) is 0 Å². The van der Waals surface area contributed by atoms with Crippen LogP contribution in [0.25, 0.3) is 0 Å². The SMILES string of the molecule is CC(=O)O[C@@H]1CCCC[C@H]1CN(Cc1ccccc1)Cc1ccccc1. The lowest BCUT2D eigenvalue weighted by Crippen LogP contribution is -2.38. The predicted molar refractivity (Wildman–Crippen MR) is 105 cm³/mol. The molecule has 0 bridgehead atoms. The van der Waals surface area contributed by atoms with Crippen LogP contribution in [0, 0.1) is 5.92 Å². The van der Waals surface area contributed by atoms with Crippen LogP contribution < -0.4 is 0 Å². The van der Waals surface area contributed by atoms with Crippen molar-refractivity contribution in [3.63, 3.8) is 0 Å². The van der Waals surface area contributed by atoms with Gasteiger partial charge in [-0.3, -0.25) is 9.69 Å². The molecule has 1 aliphatic carbocycles. The van der Waals surface area contributed by atoms with Gasteiger partial charge in [-0.15, -0.1) is 0 Å². The van der Waals surface area contributed by atoms with Gasteiger partial charge in [0.25, 0.3) is 0 Å². The van der Waals surface area contributed by atoms with Gasteiger partial charge in [0.1, 0.15) is 6.10 Å². The van der Waals surface area contributed by atoms with Crippen LogP contribution in [0.4, 0.5) is 0 Å². The van der Waals surface area contributed by atoms with Crippen LogP contribution in [-0.2, 0) is 22.6 Å². The lowest BCUT2D eigenvalue weighted by Gasteiger charge is -2.35. The zero-order valence-electron chi connectivity index (χ0n) is 15.6. The van der Waals surface area contributed by atoms with E-state index >= 15 is 0 Å². The van der Waals surface area contributed by atoms with Crippen molar-refractivity contribution in [3.05, 3.63) is 71.8 Å². The summed E-state index contributed by atoms with van der Waals surface area (Å²) in [6.07, 6.45) is 4.58. The second kappa shape index (κ2) is 9.54. The Morgan fingerprint density at radius 2 is 1.46 bits per heavy atom. The molecule has 2 atom stereocenters. The van der Waals surface area contributed by atoms with Crippen molar-refractivity contribution in [2.24, 2.45) is 5.92 Å². The number of rotatable bonds is 7. The van der Waals surface area contributed by atoms with E-state index in [1.54, 1.807) is 0 Å². The summed E-state index contributed by atoms with van der Waals surface area (Å²) in [4.78, 5) is 14.0. The first-order valence-electron chi connectivity index (χ1n) is 9.68. The summed E-state index contributed by atoms with van der Waals surface area (Å²) in [5.74, 6) is 0.264. The normalized spacial score (nSPS) is 20.1. The average molecular weight is 351 g/mol. The molecule has 138 valence electrons. The Hall–Kier alpha value is -2.13. The molecule has 0 aromatic heterocycles. The summed E-state index contributed by atoms with van der Waals surface area (Å²) in [7, 11) is 0. The summed E-state index contributed by atoms with van der Waals surface area (Å²) in [5.41, 5.74) is 2.64. The van der Waals surface area contributed by atoms with Gasteiger partial charge in [-0.1, -0.05) is 67.1 Å². The fourth-order valence-electron chi connectivity index (χ4n) is 3.95. The Kier molecular flexibility index (Phi) is 6.84. The van der Waals surface area contributed by atoms with E-state index in [-0.39, 0.29) is 12.1 Å². The Bertz CT molecular complexity index is 630. The first-order chi connectivity index (χ1) is 12.7. The number of esters is 1. The largest absolute Gasteiger partial charge is 0.462 e. The van der Waals surface area contributed by atoms with Gasteiger partial charge < -0.3 is 4.74 Å². The fraction of sp³-hybridized carbons (Fsp3) is 0.435. The molecule has 2 aromatic rings. The molecule has 0 heterocycles. The minimum atomic E-state index is -0.153. The van der Waals surface area contributed by atoms with E-state index in [0.717, 1.165) is 38.9 Å². The van der Waals surface area contributed by atoms with Crippen molar-refractivity contribution in [1.82, 2.24) is 4.90 Å². The quantitative estimate of drug-likeness (QED) is 0.670. The summed E-state index contributed by atoms with van der Waals surface area (Å²) < 4.78 is 5.64. The molecule has 0 aliphatic heterocycles. The number of nitrogens with zero attached hydrogens (tertiary/aromatic N) is 1. The van der Waals surface area contributed by atoms with Crippen LogP contribution >= 0.6 is 0 Å².